The Morgan fingerprint density at radius 1 is 0.882 bits per heavy atom. The Morgan fingerprint density at radius 3 is 2.32 bits per heavy atom. The Bertz CT molecular complexity index is 1120. The highest BCUT2D eigenvalue weighted by Gasteiger charge is 2.29. The van der Waals surface area contributed by atoms with Crippen LogP contribution in [0.25, 0.3) is 0 Å². The van der Waals surface area contributed by atoms with E-state index in [0.29, 0.717) is 11.3 Å². The number of nitrogens with zero attached hydrogens (tertiary/aromatic N) is 2. The monoisotopic (exact) mass is 459 g/mol. The minimum Gasteiger partial charge on any atom is -0.344 e. The molecule has 3 rings (SSSR count). The average molecular weight is 460 g/mol. The zero-order valence-corrected chi connectivity index (χ0v) is 18.6. The van der Waals surface area contributed by atoms with Crippen LogP contribution in [0.4, 0.5) is 0 Å². The molecule has 2 atom stereocenters. The van der Waals surface area contributed by atoms with Crippen molar-refractivity contribution >= 4 is 23.5 Å². The molecular formula is C25H25N5O4. The van der Waals surface area contributed by atoms with Crippen LogP contribution in [-0.2, 0) is 27.3 Å². The molecule has 174 valence electrons. The number of carbonyl (C=O) groups excluding carboxylic acids is 4. The van der Waals surface area contributed by atoms with Crippen molar-refractivity contribution < 1.29 is 19.2 Å². The van der Waals surface area contributed by atoms with E-state index in [1.54, 1.807) is 60.8 Å². The van der Waals surface area contributed by atoms with Crippen molar-refractivity contribution in [2.24, 2.45) is 0 Å². The molecule has 0 saturated heterocycles. The Labute approximate surface area is 197 Å². The highest BCUT2D eigenvalue weighted by atomic mass is 16.2. The fourth-order valence-corrected chi connectivity index (χ4v) is 3.12. The summed E-state index contributed by atoms with van der Waals surface area (Å²) in [5.41, 5.74) is 1.66. The van der Waals surface area contributed by atoms with Gasteiger partial charge in [-0.15, -0.1) is 0 Å². The zero-order chi connectivity index (χ0) is 24.3. The standard InChI is InChI=1S/C25H25N5O4/c1-17(29-24(33)19-10-7-12-26-15-19)23(32)30-21(14-18-8-3-2-4-9-18)22(31)25(34)28-16-20-11-5-6-13-27-20/h2-13,15,17,21H,14,16H2,1H3,(H,28,34)(H,29,33)(H,30,32)/t17-,21-/m1/s1. The SMILES string of the molecule is C[C@@H](NC(=O)c1cccnc1)C(=O)N[C@H](Cc1ccccc1)C(=O)C(=O)NCc1ccccn1. The van der Waals surface area contributed by atoms with Gasteiger partial charge in [0, 0.05) is 25.0 Å². The van der Waals surface area contributed by atoms with Crippen LogP contribution in [0.3, 0.4) is 0 Å². The summed E-state index contributed by atoms with van der Waals surface area (Å²) in [6.07, 6.45) is 4.62. The quantitative estimate of drug-likeness (QED) is 0.391. The van der Waals surface area contributed by atoms with Crippen molar-refractivity contribution in [1.29, 1.82) is 0 Å². The van der Waals surface area contributed by atoms with E-state index in [-0.39, 0.29) is 13.0 Å². The molecule has 0 aliphatic carbocycles. The van der Waals surface area contributed by atoms with E-state index in [4.69, 9.17) is 0 Å². The van der Waals surface area contributed by atoms with Crippen LogP contribution in [-0.4, -0.2) is 45.6 Å². The van der Waals surface area contributed by atoms with Gasteiger partial charge in [0.05, 0.1) is 17.8 Å². The Morgan fingerprint density at radius 2 is 1.65 bits per heavy atom. The molecule has 0 bridgehead atoms. The summed E-state index contributed by atoms with van der Waals surface area (Å²) in [5.74, 6) is -2.70. The minimum absolute atomic E-state index is 0.0784. The van der Waals surface area contributed by atoms with E-state index in [0.717, 1.165) is 5.56 Å². The maximum absolute atomic E-state index is 12.9. The third-order valence-corrected chi connectivity index (χ3v) is 4.96. The predicted octanol–water partition coefficient (Wildman–Crippen LogP) is 1.21. The van der Waals surface area contributed by atoms with E-state index in [2.05, 4.69) is 25.9 Å². The smallest absolute Gasteiger partial charge is 0.289 e. The number of ketones is 1. The number of Topliss-reactive ketones (excluding diaryl/α,β-unsaturated/α-hetero) is 1. The fraction of sp³-hybridized carbons (Fsp3) is 0.200. The van der Waals surface area contributed by atoms with Crippen LogP contribution in [0.5, 0.6) is 0 Å². The molecule has 0 saturated carbocycles. The molecule has 0 fully saturated rings. The first-order valence-electron chi connectivity index (χ1n) is 10.7. The van der Waals surface area contributed by atoms with Gasteiger partial charge in [-0.25, -0.2) is 0 Å². The Hall–Kier alpha value is -4.40. The maximum Gasteiger partial charge on any atom is 0.289 e. The first-order chi connectivity index (χ1) is 16.4. The molecule has 9 heteroatoms. The normalized spacial score (nSPS) is 12.1. The van der Waals surface area contributed by atoms with Gasteiger partial charge < -0.3 is 16.0 Å². The first-order valence-corrected chi connectivity index (χ1v) is 10.7. The van der Waals surface area contributed by atoms with Crippen molar-refractivity contribution in [3.8, 4) is 0 Å². The molecular weight excluding hydrogens is 434 g/mol. The van der Waals surface area contributed by atoms with Crippen LogP contribution >= 0.6 is 0 Å². The second-order valence-electron chi connectivity index (χ2n) is 7.56. The van der Waals surface area contributed by atoms with E-state index in [1.807, 2.05) is 6.07 Å². The highest BCUT2D eigenvalue weighted by Crippen LogP contribution is 2.06. The summed E-state index contributed by atoms with van der Waals surface area (Å²) in [5, 5.41) is 7.72. The van der Waals surface area contributed by atoms with E-state index < -0.39 is 35.6 Å². The van der Waals surface area contributed by atoms with E-state index in [1.165, 1.54) is 19.3 Å². The Kier molecular flexibility index (Phi) is 8.56. The first kappa shape index (κ1) is 24.2. The molecule has 9 nitrogen and oxygen atoms in total. The molecule has 0 spiro atoms. The number of amides is 3. The summed E-state index contributed by atoms with van der Waals surface area (Å²) >= 11 is 0. The van der Waals surface area contributed by atoms with Crippen molar-refractivity contribution in [3.05, 3.63) is 96.1 Å². The number of hydrogen-bond donors (Lipinski definition) is 3. The van der Waals surface area contributed by atoms with Gasteiger partial charge in [0.25, 0.3) is 11.8 Å². The number of benzene rings is 1. The summed E-state index contributed by atoms with van der Waals surface area (Å²) < 4.78 is 0. The van der Waals surface area contributed by atoms with Gasteiger partial charge in [-0.3, -0.25) is 29.1 Å². The molecule has 1 aromatic carbocycles. The lowest BCUT2D eigenvalue weighted by molar-refractivity contribution is -0.140. The van der Waals surface area contributed by atoms with Crippen molar-refractivity contribution in [2.45, 2.75) is 32.0 Å². The van der Waals surface area contributed by atoms with Crippen molar-refractivity contribution in [3.63, 3.8) is 0 Å². The molecule has 3 amide bonds. The lowest BCUT2D eigenvalue weighted by atomic mass is 10.0. The van der Waals surface area contributed by atoms with Gasteiger partial charge >= 0.3 is 0 Å². The molecule has 0 aliphatic heterocycles. The van der Waals surface area contributed by atoms with Crippen molar-refractivity contribution in [2.75, 3.05) is 0 Å². The molecule has 0 unspecified atom stereocenters. The van der Waals surface area contributed by atoms with Gasteiger partial charge in [0.1, 0.15) is 12.1 Å². The molecule has 3 aromatic rings. The highest BCUT2D eigenvalue weighted by molar-refractivity contribution is 6.38. The second-order valence-corrected chi connectivity index (χ2v) is 7.56. The van der Waals surface area contributed by atoms with Crippen LogP contribution in [0.15, 0.2) is 79.3 Å². The lowest BCUT2D eigenvalue weighted by Gasteiger charge is -2.21. The van der Waals surface area contributed by atoms with Crippen molar-refractivity contribution in [1.82, 2.24) is 25.9 Å². The number of hydrogen-bond acceptors (Lipinski definition) is 6. The summed E-state index contributed by atoms with van der Waals surface area (Å²) in [4.78, 5) is 58.6. The number of pyridine rings is 2. The number of rotatable bonds is 10. The molecule has 2 heterocycles. The second kappa shape index (κ2) is 12.0. The largest absolute Gasteiger partial charge is 0.344 e. The van der Waals surface area contributed by atoms with Gasteiger partial charge in [-0.05, 0) is 36.8 Å². The average Bonchev–Trinajstić information content (AvgIpc) is 2.88. The Balaban J connectivity index is 1.66. The molecule has 0 radical (unpaired) electrons. The topological polar surface area (TPSA) is 130 Å². The predicted molar refractivity (Wildman–Crippen MR) is 124 cm³/mol. The van der Waals surface area contributed by atoms with Crippen LogP contribution in [0.1, 0.15) is 28.5 Å². The van der Waals surface area contributed by atoms with Crippen LogP contribution in [0, 0.1) is 0 Å². The summed E-state index contributed by atoms with van der Waals surface area (Å²) in [6.45, 7) is 1.57. The number of aromatic nitrogens is 2. The number of nitrogens with one attached hydrogen (secondary N) is 3. The molecule has 3 N–H and O–H groups in total. The third kappa shape index (κ3) is 7.06. The van der Waals surface area contributed by atoms with Crippen LogP contribution < -0.4 is 16.0 Å². The summed E-state index contributed by atoms with van der Waals surface area (Å²) in [7, 11) is 0. The van der Waals surface area contributed by atoms with Gasteiger partial charge in [-0.1, -0.05) is 36.4 Å². The molecule has 2 aromatic heterocycles. The third-order valence-electron chi connectivity index (χ3n) is 4.96. The van der Waals surface area contributed by atoms with E-state index >= 15 is 0 Å². The van der Waals surface area contributed by atoms with Gasteiger partial charge in [-0.2, -0.15) is 0 Å². The lowest BCUT2D eigenvalue weighted by Crippen LogP contribution is -2.53. The molecule has 34 heavy (non-hydrogen) atoms. The maximum atomic E-state index is 12.9. The van der Waals surface area contributed by atoms with Gasteiger partial charge in [0.15, 0.2) is 0 Å². The fourth-order valence-electron chi connectivity index (χ4n) is 3.12. The summed E-state index contributed by atoms with van der Waals surface area (Å²) in [6, 6.07) is 15.4. The zero-order valence-electron chi connectivity index (χ0n) is 18.6. The van der Waals surface area contributed by atoms with Gasteiger partial charge in [0.2, 0.25) is 11.7 Å². The minimum atomic E-state index is -1.11. The van der Waals surface area contributed by atoms with Crippen LogP contribution in [0.2, 0.25) is 0 Å². The number of carbonyl (C=O) groups is 4. The van der Waals surface area contributed by atoms with E-state index in [9.17, 15) is 19.2 Å². The molecule has 0 aliphatic rings.